The first-order valence-electron chi connectivity index (χ1n) is 10.1. The highest BCUT2D eigenvalue weighted by atomic mass is 16.5. The molecule has 0 unspecified atom stereocenters. The Morgan fingerprint density at radius 1 is 0.900 bits per heavy atom. The number of anilines is 2. The molecular formula is C23H25N3O4. The Balaban J connectivity index is 1.47. The summed E-state index contributed by atoms with van der Waals surface area (Å²) in [6, 6.07) is 17.0. The summed E-state index contributed by atoms with van der Waals surface area (Å²) in [7, 11) is 1.35. The quantitative estimate of drug-likeness (QED) is 0.727. The van der Waals surface area contributed by atoms with Crippen molar-refractivity contribution >= 4 is 29.2 Å². The first-order valence-corrected chi connectivity index (χ1v) is 10.1. The number of benzene rings is 2. The molecular weight excluding hydrogens is 382 g/mol. The van der Waals surface area contributed by atoms with Gasteiger partial charge in [0.25, 0.3) is 5.91 Å². The molecule has 0 aromatic heterocycles. The average Bonchev–Trinajstić information content (AvgIpc) is 3.20. The SMILES string of the molecule is COC(=O)[C@H]1CC(=O)N(c2ccccc2N2CCN(C(=O)c3ccccc3)CC2)C1. The van der Waals surface area contributed by atoms with Crippen LogP contribution in [0.25, 0.3) is 0 Å². The van der Waals surface area contributed by atoms with Gasteiger partial charge in [-0.3, -0.25) is 14.4 Å². The summed E-state index contributed by atoms with van der Waals surface area (Å²) in [5, 5.41) is 0. The van der Waals surface area contributed by atoms with Gasteiger partial charge in [-0.25, -0.2) is 0 Å². The fourth-order valence-electron chi connectivity index (χ4n) is 4.14. The van der Waals surface area contributed by atoms with Gasteiger partial charge in [0, 0.05) is 44.7 Å². The topological polar surface area (TPSA) is 70.2 Å². The van der Waals surface area contributed by atoms with Gasteiger partial charge >= 0.3 is 5.97 Å². The summed E-state index contributed by atoms with van der Waals surface area (Å²) in [6.07, 6.45) is 0.167. The number of amides is 2. The number of carbonyl (C=O) groups is 3. The number of piperazine rings is 1. The number of ether oxygens (including phenoxy) is 1. The second kappa shape index (κ2) is 8.57. The van der Waals surface area contributed by atoms with E-state index in [-0.39, 0.29) is 24.2 Å². The Kier molecular flexibility index (Phi) is 5.70. The van der Waals surface area contributed by atoms with Crippen LogP contribution in [0.15, 0.2) is 54.6 Å². The van der Waals surface area contributed by atoms with Gasteiger partial charge in [-0.05, 0) is 24.3 Å². The lowest BCUT2D eigenvalue weighted by molar-refractivity contribution is -0.145. The van der Waals surface area contributed by atoms with E-state index in [2.05, 4.69) is 4.90 Å². The van der Waals surface area contributed by atoms with E-state index in [0.29, 0.717) is 38.3 Å². The summed E-state index contributed by atoms with van der Waals surface area (Å²) >= 11 is 0. The highest BCUT2D eigenvalue weighted by Gasteiger charge is 2.37. The molecule has 7 heteroatoms. The van der Waals surface area contributed by atoms with Crippen LogP contribution in [0.2, 0.25) is 0 Å². The van der Waals surface area contributed by atoms with Gasteiger partial charge in [0.15, 0.2) is 0 Å². The zero-order chi connectivity index (χ0) is 21.1. The molecule has 2 aliphatic heterocycles. The van der Waals surface area contributed by atoms with Gasteiger partial charge in [0.05, 0.1) is 24.4 Å². The summed E-state index contributed by atoms with van der Waals surface area (Å²) in [6.45, 7) is 2.91. The van der Waals surface area contributed by atoms with E-state index in [4.69, 9.17) is 4.74 Å². The van der Waals surface area contributed by atoms with Crippen molar-refractivity contribution in [3.8, 4) is 0 Å². The number of rotatable bonds is 4. The maximum atomic E-state index is 12.7. The zero-order valence-corrected chi connectivity index (χ0v) is 17.0. The highest BCUT2D eigenvalue weighted by Crippen LogP contribution is 2.34. The highest BCUT2D eigenvalue weighted by molar-refractivity contribution is 6.02. The van der Waals surface area contributed by atoms with Crippen LogP contribution in [-0.4, -0.2) is 62.5 Å². The predicted molar refractivity (Wildman–Crippen MR) is 113 cm³/mol. The first kappa shape index (κ1) is 19.9. The number of esters is 1. The number of para-hydroxylation sites is 2. The normalized spacial score (nSPS) is 19.2. The van der Waals surface area contributed by atoms with E-state index in [9.17, 15) is 14.4 Å². The van der Waals surface area contributed by atoms with Gasteiger partial charge in [0.1, 0.15) is 0 Å². The van der Waals surface area contributed by atoms with Crippen LogP contribution >= 0.6 is 0 Å². The summed E-state index contributed by atoms with van der Waals surface area (Å²) < 4.78 is 4.82. The Labute approximate surface area is 175 Å². The average molecular weight is 407 g/mol. The van der Waals surface area contributed by atoms with Crippen LogP contribution in [0.1, 0.15) is 16.8 Å². The van der Waals surface area contributed by atoms with Crippen molar-refractivity contribution in [1.82, 2.24) is 4.90 Å². The maximum absolute atomic E-state index is 12.7. The minimum absolute atomic E-state index is 0.0409. The van der Waals surface area contributed by atoms with Crippen LogP contribution in [-0.2, 0) is 14.3 Å². The Hall–Kier alpha value is -3.35. The van der Waals surface area contributed by atoms with E-state index in [1.807, 2.05) is 59.5 Å². The standard InChI is InChI=1S/C23H25N3O4/c1-30-23(29)18-15-21(27)26(16-18)20-10-6-5-9-19(20)24-11-13-25(14-12-24)22(28)17-7-3-2-4-8-17/h2-10,18H,11-16H2,1H3/t18-/m0/s1. The van der Waals surface area contributed by atoms with E-state index in [0.717, 1.165) is 11.4 Å². The first-order chi connectivity index (χ1) is 14.6. The van der Waals surface area contributed by atoms with Gasteiger partial charge in [-0.2, -0.15) is 0 Å². The lowest BCUT2D eigenvalue weighted by Crippen LogP contribution is -2.49. The minimum Gasteiger partial charge on any atom is -0.469 e. The molecule has 0 spiro atoms. The number of hydrogen-bond acceptors (Lipinski definition) is 5. The molecule has 0 saturated carbocycles. The van der Waals surface area contributed by atoms with Crippen molar-refractivity contribution < 1.29 is 19.1 Å². The summed E-state index contributed by atoms with van der Waals surface area (Å²) in [4.78, 5) is 42.9. The molecule has 30 heavy (non-hydrogen) atoms. The molecule has 2 fully saturated rings. The van der Waals surface area contributed by atoms with Gasteiger partial charge in [-0.15, -0.1) is 0 Å². The van der Waals surface area contributed by atoms with Crippen molar-refractivity contribution in [2.45, 2.75) is 6.42 Å². The number of hydrogen-bond donors (Lipinski definition) is 0. The van der Waals surface area contributed by atoms with Gasteiger partial charge < -0.3 is 19.4 Å². The molecule has 2 saturated heterocycles. The largest absolute Gasteiger partial charge is 0.469 e. The van der Waals surface area contributed by atoms with Crippen molar-refractivity contribution in [2.24, 2.45) is 5.92 Å². The van der Waals surface area contributed by atoms with E-state index < -0.39 is 5.92 Å². The number of carbonyl (C=O) groups excluding carboxylic acids is 3. The van der Waals surface area contributed by atoms with Crippen molar-refractivity contribution in [3.05, 3.63) is 60.2 Å². The molecule has 2 aliphatic rings. The van der Waals surface area contributed by atoms with Crippen LogP contribution in [0.5, 0.6) is 0 Å². The maximum Gasteiger partial charge on any atom is 0.311 e. The molecule has 0 bridgehead atoms. The Morgan fingerprint density at radius 3 is 2.20 bits per heavy atom. The Bertz CT molecular complexity index is 938. The number of methoxy groups -OCH3 is 1. The zero-order valence-electron chi connectivity index (χ0n) is 17.0. The van der Waals surface area contributed by atoms with E-state index in [1.165, 1.54) is 7.11 Å². The van der Waals surface area contributed by atoms with E-state index in [1.54, 1.807) is 4.90 Å². The molecule has 7 nitrogen and oxygen atoms in total. The smallest absolute Gasteiger partial charge is 0.311 e. The Morgan fingerprint density at radius 2 is 1.53 bits per heavy atom. The molecule has 0 aliphatic carbocycles. The monoisotopic (exact) mass is 407 g/mol. The molecule has 2 aromatic rings. The minimum atomic E-state index is -0.434. The van der Waals surface area contributed by atoms with Crippen molar-refractivity contribution in [3.63, 3.8) is 0 Å². The fourth-order valence-corrected chi connectivity index (χ4v) is 4.14. The molecule has 156 valence electrons. The van der Waals surface area contributed by atoms with E-state index >= 15 is 0 Å². The van der Waals surface area contributed by atoms with Crippen LogP contribution in [0.4, 0.5) is 11.4 Å². The lowest BCUT2D eigenvalue weighted by atomic mass is 10.1. The third kappa shape index (κ3) is 3.87. The fraction of sp³-hybridized carbons (Fsp3) is 0.348. The van der Waals surface area contributed by atoms with Crippen LogP contribution in [0.3, 0.4) is 0 Å². The van der Waals surface area contributed by atoms with Crippen molar-refractivity contribution in [1.29, 1.82) is 0 Å². The third-order valence-corrected chi connectivity index (χ3v) is 5.76. The van der Waals surface area contributed by atoms with Gasteiger partial charge in [0.2, 0.25) is 5.91 Å². The lowest BCUT2D eigenvalue weighted by Gasteiger charge is -2.37. The molecule has 2 amide bonds. The molecule has 4 rings (SSSR count). The molecule has 1 atom stereocenters. The molecule has 0 radical (unpaired) electrons. The predicted octanol–water partition coefficient (Wildman–Crippen LogP) is 2.17. The van der Waals surface area contributed by atoms with Crippen LogP contribution in [0, 0.1) is 5.92 Å². The second-order valence-corrected chi connectivity index (χ2v) is 7.56. The van der Waals surface area contributed by atoms with Crippen molar-refractivity contribution in [2.75, 3.05) is 49.6 Å². The second-order valence-electron chi connectivity index (χ2n) is 7.56. The molecule has 2 aromatic carbocycles. The summed E-state index contributed by atoms with van der Waals surface area (Å²) in [5.41, 5.74) is 2.45. The number of nitrogens with zero attached hydrogens (tertiary/aromatic N) is 3. The summed E-state index contributed by atoms with van der Waals surface area (Å²) in [5.74, 6) is -0.817. The third-order valence-electron chi connectivity index (χ3n) is 5.76. The molecule has 2 heterocycles. The molecule has 0 N–H and O–H groups in total. The van der Waals surface area contributed by atoms with Crippen LogP contribution < -0.4 is 9.80 Å². The van der Waals surface area contributed by atoms with Gasteiger partial charge in [-0.1, -0.05) is 30.3 Å².